The van der Waals surface area contributed by atoms with E-state index in [-0.39, 0.29) is 17.7 Å². The Morgan fingerprint density at radius 2 is 2.10 bits per heavy atom. The van der Waals surface area contributed by atoms with Gasteiger partial charge in [-0.05, 0) is 18.6 Å². The van der Waals surface area contributed by atoms with Crippen molar-refractivity contribution in [3.63, 3.8) is 0 Å². The smallest absolute Gasteiger partial charge is 0.155 e. The summed E-state index contributed by atoms with van der Waals surface area (Å²) < 4.78 is 18.5. The number of aliphatic hydroxyl groups excluding tert-OH is 1. The number of ether oxygens (including phenoxy) is 1. The molecular formula is C15H24FNO3. The van der Waals surface area contributed by atoms with Gasteiger partial charge in [-0.2, -0.15) is 0 Å². The normalized spacial score (nSPS) is 22.1. The fourth-order valence-corrected chi connectivity index (χ4v) is 2.19. The molecule has 0 bridgehead atoms. The zero-order valence-corrected chi connectivity index (χ0v) is 12.1. The summed E-state index contributed by atoms with van der Waals surface area (Å²) in [6.45, 7) is 5.83. The lowest BCUT2D eigenvalue weighted by molar-refractivity contribution is -0.0949. The Balaban J connectivity index is 0.000000956. The zero-order valence-electron chi connectivity index (χ0n) is 12.1. The summed E-state index contributed by atoms with van der Waals surface area (Å²) in [4.78, 5) is 0. The van der Waals surface area contributed by atoms with Crippen molar-refractivity contribution in [1.29, 1.82) is 0 Å². The molecule has 1 aliphatic rings. The van der Waals surface area contributed by atoms with Crippen LogP contribution in [0.3, 0.4) is 0 Å². The van der Waals surface area contributed by atoms with Gasteiger partial charge in [0.1, 0.15) is 11.6 Å². The maximum atomic E-state index is 12.9. The molecule has 5 heteroatoms. The first kappa shape index (κ1) is 16.9. The molecule has 1 aromatic rings. The molecule has 4 nitrogen and oxygen atoms in total. The molecule has 2 unspecified atom stereocenters. The molecule has 0 radical (unpaired) electrons. The topological polar surface area (TPSA) is 61.7 Å². The SMILES string of the molecule is CC.OC(O)C1CNCC(COc2cccc(F)c2)C1. The number of hydrogen-bond acceptors (Lipinski definition) is 4. The van der Waals surface area contributed by atoms with Gasteiger partial charge >= 0.3 is 0 Å². The Kier molecular flexibility index (Phi) is 7.51. The van der Waals surface area contributed by atoms with Gasteiger partial charge in [-0.1, -0.05) is 19.9 Å². The molecule has 2 rings (SSSR count). The molecule has 3 N–H and O–H groups in total. The Hall–Kier alpha value is -1.17. The van der Waals surface area contributed by atoms with E-state index in [1.807, 2.05) is 13.8 Å². The summed E-state index contributed by atoms with van der Waals surface area (Å²) in [7, 11) is 0. The van der Waals surface area contributed by atoms with Crippen molar-refractivity contribution in [3.8, 4) is 5.75 Å². The van der Waals surface area contributed by atoms with E-state index in [1.165, 1.54) is 12.1 Å². The second-order valence-electron chi connectivity index (χ2n) is 4.70. The molecule has 0 aliphatic carbocycles. The first-order valence-corrected chi connectivity index (χ1v) is 7.10. The summed E-state index contributed by atoms with van der Waals surface area (Å²) in [6, 6.07) is 6.02. The molecule has 0 aromatic heterocycles. The van der Waals surface area contributed by atoms with E-state index in [2.05, 4.69) is 5.32 Å². The van der Waals surface area contributed by atoms with Crippen molar-refractivity contribution in [1.82, 2.24) is 5.32 Å². The zero-order chi connectivity index (χ0) is 15.0. The highest BCUT2D eigenvalue weighted by atomic mass is 19.1. The molecule has 2 atom stereocenters. The first-order chi connectivity index (χ1) is 9.65. The molecule has 0 saturated carbocycles. The van der Waals surface area contributed by atoms with Crippen LogP contribution in [0.5, 0.6) is 5.75 Å². The number of hydrogen-bond donors (Lipinski definition) is 3. The van der Waals surface area contributed by atoms with Crippen molar-refractivity contribution in [3.05, 3.63) is 30.1 Å². The monoisotopic (exact) mass is 285 g/mol. The standard InChI is InChI=1S/C13H18FNO3.C2H6/c14-11-2-1-3-12(5-11)18-8-9-4-10(13(16)17)7-15-6-9;1-2/h1-3,5,9-10,13,15-17H,4,6-8H2;1-2H3. The van der Waals surface area contributed by atoms with Crippen LogP contribution in [-0.2, 0) is 0 Å². The number of benzene rings is 1. The van der Waals surface area contributed by atoms with Gasteiger partial charge < -0.3 is 20.3 Å². The first-order valence-electron chi connectivity index (χ1n) is 7.10. The number of halogens is 1. The third-order valence-corrected chi connectivity index (χ3v) is 3.18. The van der Waals surface area contributed by atoms with E-state index < -0.39 is 6.29 Å². The minimum absolute atomic E-state index is 0.167. The van der Waals surface area contributed by atoms with Crippen molar-refractivity contribution < 1.29 is 19.3 Å². The van der Waals surface area contributed by atoms with Crippen LogP contribution in [0.15, 0.2) is 24.3 Å². The quantitative estimate of drug-likeness (QED) is 0.738. The van der Waals surface area contributed by atoms with Gasteiger partial charge in [0.25, 0.3) is 0 Å². The Morgan fingerprint density at radius 3 is 2.75 bits per heavy atom. The van der Waals surface area contributed by atoms with Crippen LogP contribution in [0.1, 0.15) is 20.3 Å². The lowest BCUT2D eigenvalue weighted by Gasteiger charge is -2.30. The highest BCUT2D eigenvalue weighted by molar-refractivity contribution is 5.22. The van der Waals surface area contributed by atoms with Crippen LogP contribution >= 0.6 is 0 Å². The maximum Gasteiger partial charge on any atom is 0.155 e. The van der Waals surface area contributed by atoms with E-state index in [4.69, 9.17) is 14.9 Å². The third kappa shape index (κ3) is 5.45. The summed E-state index contributed by atoms with van der Waals surface area (Å²) in [5.41, 5.74) is 0. The van der Waals surface area contributed by atoms with Crippen LogP contribution < -0.4 is 10.1 Å². The Bertz CT molecular complexity index is 387. The van der Waals surface area contributed by atoms with Crippen LogP contribution in [-0.4, -0.2) is 36.2 Å². The van der Waals surface area contributed by atoms with Gasteiger partial charge in [-0.15, -0.1) is 0 Å². The summed E-state index contributed by atoms with van der Waals surface area (Å²) in [6.07, 6.45) is -0.602. The van der Waals surface area contributed by atoms with Gasteiger partial charge in [0.15, 0.2) is 6.29 Å². The Labute approximate surface area is 119 Å². The minimum atomic E-state index is -1.30. The van der Waals surface area contributed by atoms with Crippen molar-refractivity contribution in [2.75, 3.05) is 19.7 Å². The van der Waals surface area contributed by atoms with Crippen LogP contribution in [0.2, 0.25) is 0 Å². The molecule has 1 fully saturated rings. The van der Waals surface area contributed by atoms with Gasteiger partial charge in [0.2, 0.25) is 0 Å². The van der Waals surface area contributed by atoms with E-state index in [0.717, 1.165) is 6.54 Å². The number of piperidine rings is 1. The molecule has 1 aromatic carbocycles. The number of nitrogens with one attached hydrogen (secondary N) is 1. The highest BCUT2D eigenvalue weighted by Crippen LogP contribution is 2.20. The van der Waals surface area contributed by atoms with Gasteiger partial charge in [-0.3, -0.25) is 0 Å². The highest BCUT2D eigenvalue weighted by Gasteiger charge is 2.26. The molecule has 1 saturated heterocycles. The van der Waals surface area contributed by atoms with Crippen molar-refractivity contribution in [2.24, 2.45) is 11.8 Å². The van der Waals surface area contributed by atoms with Gasteiger partial charge in [0.05, 0.1) is 6.61 Å². The molecule has 1 aliphatic heterocycles. The lowest BCUT2D eigenvalue weighted by atomic mass is 9.90. The van der Waals surface area contributed by atoms with Gasteiger partial charge in [0, 0.05) is 31.0 Å². The Morgan fingerprint density at radius 1 is 1.35 bits per heavy atom. The van der Waals surface area contributed by atoms with E-state index in [9.17, 15) is 4.39 Å². The van der Waals surface area contributed by atoms with E-state index >= 15 is 0 Å². The average Bonchev–Trinajstić information content (AvgIpc) is 2.48. The van der Waals surface area contributed by atoms with E-state index in [1.54, 1.807) is 12.1 Å². The minimum Gasteiger partial charge on any atom is -0.493 e. The fraction of sp³-hybridized carbons (Fsp3) is 0.600. The number of rotatable bonds is 4. The predicted octanol–water partition coefficient (Wildman–Crippen LogP) is 1.77. The third-order valence-electron chi connectivity index (χ3n) is 3.18. The summed E-state index contributed by atoms with van der Waals surface area (Å²) in [5, 5.41) is 21.4. The lowest BCUT2D eigenvalue weighted by Crippen LogP contribution is -2.43. The average molecular weight is 285 g/mol. The second kappa shape index (κ2) is 8.89. The van der Waals surface area contributed by atoms with Crippen molar-refractivity contribution >= 4 is 0 Å². The predicted molar refractivity (Wildman–Crippen MR) is 75.9 cm³/mol. The molecule has 1 heterocycles. The van der Waals surface area contributed by atoms with Crippen molar-refractivity contribution in [2.45, 2.75) is 26.6 Å². The van der Waals surface area contributed by atoms with Crippen LogP contribution in [0.25, 0.3) is 0 Å². The largest absolute Gasteiger partial charge is 0.493 e. The molecular weight excluding hydrogens is 261 g/mol. The molecule has 0 spiro atoms. The summed E-state index contributed by atoms with van der Waals surface area (Å²) in [5.74, 6) is 0.216. The van der Waals surface area contributed by atoms with Crippen LogP contribution in [0, 0.1) is 17.7 Å². The van der Waals surface area contributed by atoms with Crippen LogP contribution in [0.4, 0.5) is 4.39 Å². The maximum absolute atomic E-state index is 12.9. The molecule has 20 heavy (non-hydrogen) atoms. The second-order valence-corrected chi connectivity index (χ2v) is 4.70. The van der Waals surface area contributed by atoms with Gasteiger partial charge in [-0.25, -0.2) is 4.39 Å². The summed E-state index contributed by atoms with van der Waals surface area (Å²) >= 11 is 0. The number of aliphatic hydroxyl groups is 2. The van der Waals surface area contributed by atoms with E-state index in [0.29, 0.717) is 25.3 Å². The fourth-order valence-electron chi connectivity index (χ4n) is 2.19. The molecule has 114 valence electrons. The molecule has 0 amide bonds.